The number of hydrogen-bond donors (Lipinski definition) is 1. The largest absolute Gasteiger partial charge is 0.363 e. The Kier molecular flexibility index (Phi) is 4.70. The Balaban J connectivity index is 1.69. The number of nitrogens with one attached hydrogen (secondary N) is 1. The van der Waals surface area contributed by atoms with Gasteiger partial charge in [-0.1, -0.05) is 18.2 Å². The number of carbonyl (C=O) groups is 1. The van der Waals surface area contributed by atoms with E-state index in [1.807, 2.05) is 68.0 Å². The van der Waals surface area contributed by atoms with E-state index in [0.29, 0.717) is 18.8 Å². The molecule has 0 aliphatic rings. The Morgan fingerprint density at radius 2 is 2.00 bits per heavy atom. The van der Waals surface area contributed by atoms with Gasteiger partial charge < -0.3 is 14.8 Å². The van der Waals surface area contributed by atoms with Gasteiger partial charge in [0.05, 0.1) is 13.0 Å². The number of hydrogen-bond acceptors (Lipinski definition) is 4. The van der Waals surface area contributed by atoms with Crippen LogP contribution < -0.4 is 10.2 Å². The van der Waals surface area contributed by atoms with E-state index < -0.39 is 0 Å². The van der Waals surface area contributed by atoms with Crippen LogP contribution in [0.25, 0.3) is 10.9 Å². The molecule has 6 nitrogen and oxygen atoms in total. The molecule has 3 aromatic rings. The molecule has 6 heteroatoms. The zero-order valence-electron chi connectivity index (χ0n) is 15.1. The summed E-state index contributed by atoms with van der Waals surface area (Å²) in [5, 5.41) is 4.04. The monoisotopic (exact) mass is 337 g/mol. The summed E-state index contributed by atoms with van der Waals surface area (Å²) >= 11 is 0. The molecule has 1 amide bonds. The number of rotatable bonds is 5. The minimum absolute atomic E-state index is 0.0344. The molecular weight excluding hydrogens is 314 g/mol. The van der Waals surface area contributed by atoms with E-state index in [1.54, 1.807) is 0 Å². The number of aryl methyl sites for hydroxylation is 2. The number of amides is 1. The molecule has 0 saturated heterocycles. The highest BCUT2D eigenvalue weighted by Crippen LogP contribution is 2.20. The maximum atomic E-state index is 12.4. The number of anilines is 1. The first-order valence-electron chi connectivity index (χ1n) is 8.25. The predicted molar refractivity (Wildman–Crippen MR) is 99.6 cm³/mol. The Morgan fingerprint density at radius 3 is 2.76 bits per heavy atom. The summed E-state index contributed by atoms with van der Waals surface area (Å²) in [4.78, 5) is 23.1. The minimum Gasteiger partial charge on any atom is -0.363 e. The van der Waals surface area contributed by atoms with E-state index in [1.165, 1.54) is 0 Å². The Morgan fingerprint density at radius 1 is 1.24 bits per heavy atom. The van der Waals surface area contributed by atoms with Gasteiger partial charge in [-0.15, -0.1) is 0 Å². The molecule has 25 heavy (non-hydrogen) atoms. The first kappa shape index (κ1) is 17.0. The fraction of sp³-hybridized carbons (Fsp3) is 0.316. The summed E-state index contributed by atoms with van der Waals surface area (Å²) in [6.07, 6.45) is 2.35. The lowest BCUT2D eigenvalue weighted by atomic mass is 10.1. The number of fused-ring (bicyclic) bond motifs is 1. The van der Waals surface area contributed by atoms with Crippen LogP contribution in [0.2, 0.25) is 0 Å². The standard InChI is InChI=1S/C19H23N5O/c1-13-9-18(23(2)3)22-17(21-13)11-20-19(25)10-14-12-24(4)16-8-6-5-7-15(14)16/h5-9,12H,10-11H2,1-4H3,(H,20,25). The second kappa shape index (κ2) is 6.93. The van der Waals surface area contributed by atoms with Crippen molar-refractivity contribution in [2.45, 2.75) is 19.9 Å². The topological polar surface area (TPSA) is 63.1 Å². The maximum absolute atomic E-state index is 12.4. The zero-order chi connectivity index (χ0) is 18.0. The average molecular weight is 337 g/mol. The number of aromatic nitrogens is 3. The van der Waals surface area contributed by atoms with Gasteiger partial charge in [-0.2, -0.15) is 0 Å². The van der Waals surface area contributed by atoms with Gasteiger partial charge in [-0.25, -0.2) is 9.97 Å². The minimum atomic E-state index is -0.0344. The number of benzene rings is 1. The molecule has 0 spiro atoms. The molecule has 130 valence electrons. The molecule has 1 aromatic carbocycles. The molecule has 0 bridgehead atoms. The molecule has 0 fully saturated rings. The van der Waals surface area contributed by atoms with Crippen LogP contribution in [0.4, 0.5) is 5.82 Å². The first-order chi connectivity index (χ1) is 11.9. The van der Waals surface area contributed by atoms with Crippen LogP contribution in [-0.4, -0.2) is 34.5 Å². The van der Waals surface area contributed by atoms with Crippen molar-refractivity contribution in [3.63, 3.8) is 0 Å². The SMILES string of the molecule is Cc1cc(N(C)C)nc(CNC(=O)Cc2cn(C)c3ccccc23)n1. The van der Waals surface area contributed by atoms with Crippen molar-refractivity contribution < 1.29 is 4.79 Å². The Bertz CT molecular complexity index is 913. The Hall–Kier alpha value is -2.89. The molecule has 1 N–H and O–H groups in total. The van der Waals surface area contributed by atoms with E-state index >= 15 is 0 Å². The molecule has 2 heterocycles. The third-order valence-corrected chi connectivity index (χ3v) is 4.12. The van der Waals surface area contributed by atoms with Gasteiger partial charge in [0, 0.05) is 50.0 Å². The third kappa shape index (κ3) is 3.79. The van der Waals surface area contributed by atoms with Crippen molar-refractivity contribution in [1.82, 2.24) is 19.9 Å². The first-order valence-corrected chi connectivity index (χ1v) is 8.25. The van der Waals surface area contributed by atoms with Gasteiger partial charge in [0.2, 0.25) is 5.91 Å². The van der Waals surface area contributed by atoms with Crippen LogP contribution in [0.3, 0.4) is 0 Å². The van der Waals surface area contributed by atoms with Crippen LogP contribution in [0.15, 0.2) is 36.5 Å². The fourth-order valence-corrected chi connectivity index (χ4v) is 2.90. The van der Waals surface area contributed by atoms with Crippen LogP contribution in [-0.2, 0) is 24.8 Å². The molecule has 0 unspecified atom stereocenters. The lowest BCUT2D eigenvalue weighted by Crippen LogP contribution is -2.26. The van der Waals surface area contributed by atoms with Gasteiger partial charge in [0.25, 0.3) is 0 Å². The normalized spacial score (nSPS) is 10.9. The predicted octanol–water partition coefficient (Wildman–Crippen LogP) is 2.20. The van der Waals surface area contributed by atoms with E-state index in [2.05, 4.69) is 21.4 Å². The van der Waals surface area contributed by atoms with Crippen molar-refractivity contribution in [3.05, 3.63) is 53.6 Å². The average Bonchev–Trinajstić information content (AvgIpc) is 2.89. The quantitative estimate of drug-likeness (QED) is 0.775. The van der Waals surface area contributed by atoms with Crippen molar-refractivity contribution in [1.29, 1.82) is 0 Å². The summed E-state index contributed by atoms with van der Waals surface area (Å²) < 4.78 is 2.05. The Labute approximate surface area is 147 Å². The highest BCUT2D eigenvalue weighted by atomic mass is 16.1. The molecule has 3 rings (SSSR count). The van der Waals surface area contributed by atoms with Crippen molar-refractivity contribution in [3.8, 4) is 0 Å². The maximum Gasteiger partial charge on any atom is 0.224 e. The second-order valence-electron chi connectivity index (χ2n) is 6.41. The summed E-state index contributed by atoms with van der Waals surface area (Å²) in [7, 11) is 5.86. The molecule has 0 atom stereocenters. The molecular formula is C19H23N5O. The smallest absolute Gasteiger partial charge is 0.224 e. The number of nitrogens with zero attached hydrogens (tertiary/aromatic N) is 4. The van der Waals surface area contributed by atoms with Gasteiger partial charge in [-0.05, 0) is 18.6 Å². The van der Waals surface area contributed by atoms with Crippen LogP contribution in [0.1, 0.15) is 17.1 Å². The van der Waals surface area contributed by atoms with Gasteiger partial charge >= 0.3 is 0 Å². The zero-order valence-corrected chi connectivity index (χ0v) is 15.1. The summed E-state index contributed by atoms with van der Waals surface area (Å²) in [6, 6.07) is 10.0. The lowest BCUT2D eigenvalue weighted by Gasteiger charge is -2.13. The van der Waals surface area contributed by atoms with Crippen molar-refractivity contribution >= 4 is 22.6 Å². The molecule has 0 aliphatic heterocycles. The van der Waals surface area contributed by atoms with Crippen LogP contribution in [0, 0.1) is 6.92 Å². The van der Waals surface area contributed by atoms with E-state index in [0.717, 1.165) is 28.0 Å². The number of carbonyl (C=O) groups excluding carboxylic acids is 1. The van der Waals surface area contributed by atoms with Crippen molar-refractivity contribution in [2.75, 3.05) is 19.0 Å². The van der Waals surface area contributed by atoms with Gasteiger partial charge in [0.1, 0.15) is 11.6 Å². The number of para-hydroxylation sites is 1. The van der Waals surface area contributed by atoms with E-state index in [9.17, 15) is 4.79 Å². The second-order valence-corrected chi connectivity index (χ2v) is 6.41. The highest BCUT2D eigenvalue weighted by molar-refractivity contribution is 5.89. The van der Waals surface area contributed by atoms with Crippen LogP contribution >= 0.6 is 0 Å². The molecule has 0 aliphatic carbocycles. The van der Waals surface area contributed by atoms with E-state index in [4.69, 9.17) is 0 Å². The van der Waals surface area contributed by atoms with Crippen molar-refractivity contribution in [2.24, 2.45) is 7.05 Å². The molecule has 0 radical (unpaired) electrons. The fourth-order valence-electron chi connectivity index (χ4n) is 2.90. The van der Waals surface area contributed by atoms with Gasteiger partial charge in [0.15, 0.2) is 0 Å². The molecule has 0 saturated carbocycles. The lowest BCUT2D eigenvalue weighted by molar-refractivity contribution is -0.120. The summed E-state index contributed by atoms with van der Waals surface area (Å²) in [6.45, 7) is 2.25. The summed E-state index contributed by atoms with van der Waals surface area (Å²) in [5.74, 6) is 1.42. The van der Waals surface area contributed by atoms with Gasteiger partial charge in [-0.3, -0.25) is 4.79 Å². The van der Waals surface area contributed by atoms with Crippen LogP contribution in [0.5, 0.6) is 0 Å². The molecule has 2 aromatic heterocycles. The third-order valence-electron chi connectivity index (χ3n) is 4.12. The van der Waals surface area contributed by atoms with E-state index in [-0.39, 0.29) is 5.91 Å². The summed E-state index contributed by atoms with van der Waals surface area (Å²) in [5.41, 5.74) is 3.04. The highest BCUT2D eigenvalue weighted by Gasteiger charge is 2.11.